The van der Waals surface area contributed by atoms with Gasteiger partial charge in [-0.15, -0.1) is 0 Å². The summed E-state index contributed by atoms with van der Waals surface area (Å²) in [6.07, 6.45) is 0. The third-order valence-corrected chi connectivity index (χ3v) is 6.03. The van der Waals surface area contributed by atoms with E-state index in [0.29, 0.717) is 10.5 Å². The number of benzene rings is 1. The zero-order valence-corrected chi connectivity index (χ0v) is 14.6. The van der Waals surface area contributed by atoms with E-state index < -0.39 is 21.9 Å². The highest BCUT2D eigenvalue weighted by molar-refractivity contribution is 7.91. The van der Waals surface area contributed by atoms with Crippen LogP contribution in [0, 0.1) is 13.8 Å². The molecule has 0 bridgehead atoms. The van der Waals surface area contributed by atoms with Crippen molar-refractivity contribution in [1.29, 1.82) is 0 Å². The summed E-state index contributed by atoms with van der Waals surface area (Å²) in [5, 5.41) is 5.59. The fourth-order valence-corrected chi connectivity index (χ4v) is 4.86. The maximum atomic E-state index is 12.3. The second kappa shape index (κ2) is 5.98. The second-order valence-corrected chi connectivity index (χ2v) is 8.08. The Morgan fingerprint density at radius 3 is 2.67 bits per heavy atom. The van der Waals surface area contributed by atoms with Gasteiger partial charge in [0.15, 0.2) is 9.84 Å². The number of urea groups is 1. The van der Waals surface area contributed by atoms with Gasteiger partial charge in [0.25, 0.3) is 0 Å². The lowest BCUT2D eigenvalue weighted by Crippen LogP contribution is -2.39. The smallest absolute Gasteiger partial charge is 0.315 e. The van der Waals surface area contributed by atoms with Crippen molar-refractivity contribution in [1.82, 2.24) is 10.6 Å². The molecule has 6 nitrogen and oxygen atoms in total. The van der Waals surface area contributed by atoms with Crippen LogP contribution < -0.4 is 10.6 Å². The Morgan fingerprint density at radius 1 is 1.29 bits per heavy atom. The molecule has 2 atom stereocenters. The first-order chi connectivity index (χ1) is 11.3. The van der Waals surface area contributed by atoms with Crippen LogP contribution in [0.2, 0.25) is 0 Å². The van der Waals surface area contributed by atoms with Crippen molar-refractivity contribution >= 4 is 15.9 Å². The van der Waals surface area contributed by atoms with Gasteiger partial charge in [0.1, 0.15) is 11.5 Å². The molecule has 0 fully saturated rings. The van der Waals surface area contributed by atoms with E-state index >= 15 is 0 Å². The molecule has 0 unspecified atom stereocenters. The van der Waals surface area contributed by atoms with E-state index in [9.17, 15) is 13.2 Å². The Bertz CT molecular complexity index is 886. The Kier molecular flexibility index (Phi) is 4.13. The molecule has 0 aliphatic carbocycles. The SMILES string of the molecule is Cc1cc([C@@H](C)NC(=O)N[C@@H]2CS(=O)(=O)c3ccccc32)c(C)o1. The predicted octanol–water partition coefficient (Wildman–Crippen LogP) is 2.79. The first kappa shape index (κ1) is 16.6. The zero-order chi connectivity index (χ0) is 17.5. The molecule has 0 spiro atoms. The summed E-state index contributed by atoms with van der Waals surface area (Å²) >= 11 is 0. The van der Waals surface area contributed by atoms with Crippen molar-refractivity contribution in [3.8, 4) is 0 Å². The van der Waals surface area contributed by atoms with Gasteiger partial charge in [-0.3, -0.25) is 0 Å². The van der Waals surface area contributed by atoms with Crippen LogP contribution >= 0.6 is 0 Å². The minimum atomic E-state index is -3.34. The van der Waals surface area contributed by atoms with Crippen LogP contribution in [-0.4, -0.2) is 20.2 Å². The van der Waals surface area contributed by atoms with E-state index in [1.807, 2.05) is 26.8 Å². The second-order valence-electron chi connectivity index (χ2n) is 6.08. The number of rotatable bonds is 3. The van der Waals surface area contributed by atoms with Gasteiger partial charge in [-0.25, -0.2) is 13.2 Å². The summed E-state index contributed by atoms with van der Waals surface area (Å²) in [6.45, 7) is 5.55. The van der Waals surface area contributed by atoms with Crippen LogP contribution in [0.15, 0.2) is 39.6 Å². The number of hydrogen-bond acceptors (Lipinski definition) is 4. The molecule has 2 amide bonds. The maximum absolute atomic E-state index is 12.3. The van der Waals surface area contributed by atoms with Crippen LogP contribution in [-0.2, 0) is 9.84 Å². The van der Waals surface area contributed by atoms with E-state index in [1.165, 1.54) is 0 Å². The number of carbonyl (C=O) groups is 1. The van der Waals surface area contributed by atoms with E-state index in [2.05, 4.69) is 10.6 Å². The van der Waals surface area contributed by atoms with Crippen LogP contribution in [0.3, 0.4) is 0 Å². The number of fused-ring (bicyclic) bond motifs is 1. The molecule has 1 aliphatic heterocycles. The molecular formula is C17H20N2O4S. The highest BCUT2D eigenvalue weighted by Gasteiger charge is 2.35. The molecule has 24 heavy (non-hydrogen) atoms. The number of hydrogen-bond donors (Lipinski definition) is 2. The van der Waals surface area contributed by atoms with E-state index in [-0.39, 0.29) is 11.8 Å². The predicted molar refractivity (Wildman–Crippen MR) is 89.5 cm³/mol. The van der Waals surface area contributed by atoms with Crippen molar-refractivity contribution in [2.75, 3.05) is 5.75 Å². The molecule has 1 aromatic carbocycles. The van der Waals surface area contributed by atoms with Crippen molar-refractivity contribution < 1.29 is 17.6 Å². The topological polar surface area (TPSA) is 88.4 Å². The van der Waals surface area contributed by atoms with Crippen molar-refractivity contribution in [3.63, 3.8) is 0 Å². The largest absolute Gasteiger partial charge is 0.466 e. The van der Waals surface area contributed by atoms with Crippen LogP contribution in [0.5, 0.6) is 0 Å². The Morgan fingerprint density at radius 2 is 2.00 bits per heavy atom. The first-order valence-corrected chi connectivity index (χ1v) is 9.39. The van der Waals surface area contributed by atoms with Crippen molar-refractivity contribution in [2.24, 2.45) is 0 Å². The Labute approximate surface area is 141 Å². The minimum absolute atomic E-state index is 0.113. The molecule has 1 aromatic heterocycles. The lowest BCUT2D eigenvalue weighted by atomic mass is 10.1. The molecule has 0 saturated carbocycles. The number of sulfone groups is 1. The normalized spacial score (nSPS) is 19.5. The van der Waals surface area contributed by atoms with Gasteiger partial charge in [0.2, 0.25) is 0 Å². The number of aryl methyl sites for hydroxylation is 2. The third-order valence-electron chi connectivity index (χ3n) is 4.21. The van der Waals surface area contributed by atoms with Crippen LogP contribution in [0.1, 0.15) is 41.7 Å². The molecule has 128 valence electrons. The highest BCUT2D eigenvalue weighted by Crippen LogP contribution is 2.33. The summed E-state index contributed by atoms with van der Waals surface area (Å²) in [6, 6.07) is 7.47. The average molecular weight is 348 g/mol. The van der Waals surface area contributed by atoms with Crippen LogP contribution in [0.4, 0.5) is 4.79 Å². The molecule has 2 aromatic rings. The van der Waals surface area contributed by atoms with Gasteiger partial charge >= 0.3 is 6.03 Å². The van der Waals surface area contributed by atoms with Crippen molar-refractivity contribution in [3.05, 3.63) is 53.0 Å². The molecule has 1 aliphatic rings. The molecule has 0 saturated heterocycles. The van der Waals surface area contributed by atoms with Gasteiger partial charge in [-0.05, 0) is 38.5 Å². The quantitative estimate of drug-likeness (QED) is 0.893. The number of carbonyl (C=O) groups excluding carboxylic acids is 1. The summed E-state index contributed by atoms with van der Waals surface area (Å²) in [5.41, 5.74) is 1.54. The average Bonchev–Trinajstić information content (AvgIpc) is 2.96. The van der Waals surface area contributed by atoms with Gasteiger partial charge in [-0.2, -0.15) is 0 Å². The van der Waals surface area contributed by atoms with Gasteiger partial charge in [0.05, 0.1) is 22.7 Å². The summed E-state index contributed by atoms with van der Waals surface area (Å²) in [7, 11) is -3.34. The number of amides is 2. The zero-order valence-electron chi connectivity index (χ0n) is 13.8. The van der Waals surface area contributed by atoms with Gasteiger partial charge in [-0.1, -0.05) is 18.2 Å². The Balaban J connectivity index is 1.71. The molecule has 2 heterocycles. The fourth-order valence-electron chi connectivity index (χ4n) is 3.12. The molecule has 2 N–H and O–H groups in total. The monoisotopic (exact) mass is 348 g/mol. The lowest BCUT2D eigenvalue weighted by Gasteiger charge is -2.17. The summed E-state index contributed by atoms with van der Waals surface area (Å²) in [5.74, 6) is 1.43. The lowest BCUT2D eigenvalue weighted by molar-refractivity contribution is 0.235. The van der Waals surface area contributed by atoms with Crippen molar-refractivity contribution in [2.45, 2.75) is 37.8 Å². The maximum Gasteiger partial charge on any atom is 0.315 e. The van der Waals surface area contributed by atoms with Gasteiger partial charge < -0.3 is 15.1 Å². The number of furan rings is 1. The Hall–Kier alpha value is -2.28. The molecule has 7 heteroatoms. The van der Waals surface area contributed by atoms with E-state index in [0.717, 1.165) is 17.1 Å². The summed E-state index contributed by atoms with van der Waals surface area (Å²) in [4.78, 5) is 12.6. The van der Waals surface area contributed by atoms with E-state index in [1.54, 1.807) is 24.3 Å². The van der Waals surface area contributed by atoms with E-state index in [4.69, 9.17) is 4.42 Å². The fraction of sp³-hybridized carbons (Fsp3) is 0.353. The minimum Gasteiger partial charge on any atom is -0.466 e. The number of nitrogens with one attached hydrogen (secondary N) is 2. The molecular weight excluding hydrogens is 328 g/mol. The first-order valence-electron chi connectivity index (χ1n) is 7.73. The molecule has 3 rings (SSSR count). The summed E-state index contributed by atoms with van der Waals surface area (Å²) < 4.78 is 29.8. The standard InChI is InChI=1S/C17H20N2O4S/c1-10-8-14(12(3)23-10)11(2)18-17(20)19-15-9-24(21,22)16-7-5-4-6-13(15)16/h4-8,11,15H,9H2,1-3H3,(H2,18,19,20)/t11-,15-/m1/s1. The highest BCUT2D eigenvalue weighted by atomic mass is 32.2. The van der Waals surface area contributed by atoms with Crippen LogP contribution in [0.25, 0.3) is 0 Å². The third kappa shape index (κ3) is 3.03. The van der Waals surface area contributed by atoms with Gasteiger partial charge in [0, 0.05) is 5.56 Å². The molecule has 0 radical (unpaired) electrons.